The molecule has 0 bridgehead atoms. The molecule has 3 nitrogen and oxygen atoms in total. The van der Waals surface area contributed by atoms with Gasteiger partial charge in [-0.15, -0.1) is 0 Å². The van der Waals surface area contributed by atoms with Gasteiger partial charge in [-0.3, -0.25) is 0 Å². The molecule has 0 aliphatic rings. The zero-order chi connectivity index (χ0) is 11.0. The van der Waals surface area contributed by atoms with Gasteiger partial charge >= 0.3 is 0 Å². The van der Waals surface area contributed by atoms with Crippen LogP contribution >= 0.6 is 15.9 Å². The number of hydrogen-bond acceptors (Lipinski definition) is 3. The highest BCUT2D eigenvalue weighted by molar-refractivity contribution is 9.10. The quantitative estimate of drug-likeness (QED) is 0.863. The molecule has 1 aromatic carbocycles. The molecule has 0 amide bonds. The topological polar surface area (TPSA) is 51.8 Å². The van der Waals surface area contributed by atoms with E-state index in [-0.39, 0.29) is 0 Å². The Morgan fingerprint density at radius 3 is 2.73 bits per heavy atom. The first-order chi connectivity index (χ1) is 7.13. The zero-order valence-corrected chi connectivity index (χ0v) is 10.3. The molecule has 2 aromatic rings. The molecule has 0 saturated carbocycles. The molecule has 0 saturated heterocycles. The van der Waals surface area contributed by atoms with Crippen LogP contribution in [0.25, 0.3) is 10.9 Å². The number of fused-ring (bicyclic) bond motifs is 1. The summed E-state index contributed by atoms with van der Waals surface area (Å²) in [7, 11) is 0. The fraction of sp³-hybridized carbons (Fsp3) is 0.273. The Balaban J connectivity index is 2.86. The van der Waals surface area contributed by atoms with Crippen LogP contribution in [0, 0.1) is 6.92 Å². The predicted octanol–water partition coefficient (Wildman–Crippen LogP) is 2.85. The molecule has 0 atom stereocenters. The standard InChI is InChI=1S/C11H12BrN3/c1-3-9-14-10-6(2)8(12)5-4-7(10)11(13)15-9/h4-5H,3H2,1-2H3,(H2,13,14,15). The van der Waals surface area contributed by atoms with E-state index in [1.54, 1.807) is 0 Å². The van der Waals surface area contributed by atoms with E-state index in [1.807, 2.05) is 26.0 Å². The van der Waals surface area contributed by atoms with Gasteiger partial charge in [-0.05, 0) is 24.6 Å². The second-order valence-corrected chi connectivity index (χ2v) is 4.30. The molecule has 1 heterocycles. The van der Waals surface area contributed by atoms with E-state index >= 15 is 0 Å². The Bertz CT molecular complexity index is 523. The average molecular weight is 266 g/mol. The molecule has 2 rings (SSSR count). The molecule has 0 spiro atoms. The Morgan fingerprint density at radius 1 is 1.33 bits per heavy atom. The second-order valence-electron chi connectivity index (χ2n) is 3.45. The maximum absolute atomic E-state index is 5.89. The summed E-state index contributed by atoms with van der Waals surface area (Å²) in [4.78, 5) is 8.74. The van der Waals surface area contributed by atoms with Gasteiger partial charge < -0.3 is 5.73 Å². The van der Waals surface area contributed by atoms with Gasteiger partial charge in [0.1, 0.15) is 11.6 Å². The molecule has 0 aliphatic heterocycles. The van der Waals surface area contributed by atoms with Crippen LogP contribution in [0.2, 0.25) is 0 Å². The van der Waals surface area contributed by atoms with Gasteiger partial charge in [0, 0.05) is 16.3 Å². The third-order valence-corrected chi connectivity index (χ3v) is 3.31. The van der Waals surface area contributed by atoms with Crippen molar-refractivity contribution in [2.75, 3.05) is 5.73 Å². The van der Waals surface area contributed by atoms with E-state index < -0.39 is 0 Å². The van der Waals surface area contributed by atoms with Crippen LogP contribution in [0.3, 0.4) is 0 Å². The van der Waals surface area contributed by atoms with Crippen molar-refractivity contribution in [3.63, 3.8) is 0 Å². The molecule has 1 aromatic heterocycles. The minimum Gasteiger partial charge on any atom is -0.383 e. The summed E-state index contributed by atoms with van der Waals surface area (Å²) in [6, 6.07) is 3.92. The van der Waals surface area contributed by atoms with Crippen molar-refractivity contribution in [1.82, 2.24) is 9.97 Å². The number of anilines is 1. The van der Waals surface area contributed by atoms with Crippen LogP contribution in [0.5, 0.6) is 0 Å². The number of hydrogen-bond donors (Lipinski definition) is 1. The number of aromatic nitrogens is 2. The molecule has 0 unspecified atom stereocenters. The molecule has 4 heteroatoms. The molecule has 15 heavy (non-hydrogen) atoms. The Hall–Kier alpha value is -1.16. The van der Waals surface area contributed by atoms with Crippen molar-refractivity contribution >= 4 is 32.7 Å². The maximum atomic E-state index is 5.89. The van der Waals surface area contributed by atoms with E-state index in [4.69, 9.17) is 5.73 Å². The van der Waals surface area contributed by atoms with Crippen LogP contribution in [0.4, 0.5) is 5.82 Å². The predicted molar refractivity (Wildman–Crippen MR) is 65.8 cm³/mol. The molecule has 2 N–H and O–H groups in total. The minimum atomic E-state index is 0.562. The lowest BCUT2D eigenvalue weighted by Gasteiger charge is -2.07. The minimum absolute atomic E-state index is 0.562. The van der Waals surface area contributed by atoms with Crippen molar-refractivity contribution < 1.29 is 0 Å². The van der Waals surface area contributed by atoms with E-state index in [9.17, 15) is 0 Å². The molecular formula is C11H12BrN3. The molecule has 78 valence electrons. The smallest absolute Gasteiger partial charge is 0.135 e. The van der Waals surface area contributed by atoms with Gasteiger partial charge in [-0.25, -0.2) is 9.97 Å². The van der Waals surface area contributed by atoms with E-state index in [0.717, 1.165) is 33.2 Å². The third kappa shape index (κ3) is 1.69. The van der Waals surface area contributed by atoms with Crippen LogP contribution < -0.4 is 5.73 Å². The first-order valence-corrected chi connectivity index (χ1v) is 5.64. The van der Waals surface area contributed by atoms with Gasteiger partial charge in [0.15, 0.2) is 0 Å². The largest absolute Gasteiger partial charge is 0.383 e. The van der Waals surface area contributed by atoms with Crippen LogP contribution in [-0.2, 0) is 6.42 Å². The summed E-state index contributed by atoms with van der Waals surface area (Å²) in [5.41, 5.74) is 7.93. The third-order valence-electron chi connectivity index (χ3n) is 2.45. The van der Waals surface area contributed by atoms with Crippen LogP contribution in [0.1, 0.15) is 18.3 Å². The summed E-state index contributed by atoms with van der Waals surface area (Å²) in [5.74, 6) is 1.36. The lowest BCUT2D eigenvalue weighted by atomic mass is 10.1. The van der Waals surface area contributed by atoms with Crippen molar-refractivity contribution in [2.45, 2.75) is 20.3 Å². The average Bonchev–Trinajstić information content (AvgIpc) is 2.23. The summed E-state index contributed by atoms with van der Waals surface area (Å²) in [6.45, 7) is 4.05. The zero-order valence-electron chi connectivity index (χ0n) is 8.71. The molecule has 0 aliphatic carbocycles. The number of rotatable bonds is 1. The first-order valence-electron chi connectivity index (χ1n) is 4.84. The van der Waals surface area contributed by atoms with E-state index in [1.165, 1.54) is 0 Å². The van der Waals surface area contributed by atoms with Gasteiger partial charge in [0.05, 0.1) is 5.52 Å². The highest BCUT2D eigenvalue weighted by Gasteiger charge is 2.08. The highest BCUT2D eigenvalue weighted by atomic mass is 79.9. The lowest BCUT2D eigenvalue weighted by molar-refractivity contribution is 0.963. The van der Waals surface area contributed by atoms with Crippen molar-refractivity contribution in [1.29, 1.82) is 0 Å². The highest BCUT2D eigenvalue weighted by Crippen LogP contribution is 2.26. The van der Waals surface area contributed by atoms with E-state index in [0.29, 0.717) is 5.82 Å². The van der Waals surface area contributed by atoms with Crippen LogP contribution in [-0.4, -0.2) is 9.97 Å². The van der Waals surface area contributed by atoms with Gasteiger partial charge in [0.2, 0.25) is 0 Å². The van der Waals surface area contributed by atoms with Gasteiger partial charge in [-0.2, -0.15) is 0 Å². The number of benzene rings is 1. The summed E-state index contributed by atoms with van der Waals surface area (Å²) < 4.78 is 1.05. The van der Waals surface area contributed by atoms with Crippen molar-refractivity contribution in [2.24, 2.45) is 0 Å². The monoisotopic (exact) mass is 265 g/mol. The summed E-state index contributed by atoms with van der Waals surface area (Å²) >= 11 is 3.49. The Labute approximate surface area is 96.9 Å². The number of nitrogens with two attached hydrogens (primary N) is 1. The van der Waals surface area contributed by atoms with Gasteiger partial charge in [-0.1, -0.05) is 22.9 Å². The SMILES string of the molecule is CCc1nc(N)c2ccc(Br)c(C)c2n1. The van der Waals surface area contributed by atoms with Crippen LogP contribution in [0.15, 0.2) is 16.6 Å². The Kier molecular flexibility index (Phi) is 2.61. The lowest BCUT2D eigenvalue weighted by Crippen LogP contribution is -2.01. The summed E-state index contributed by atoms with van der Waals surface area (Å²) in [5, 5.41) is 0.924. The van der Waals surface area contributed by atoms with E-state index in [2.05, 4.69) is 25.9 Å². The Morgan fingerprint density at radius 2 is 2.07 bits per heavy atom. The van der Waals surface area contributed by atoms with Crippen molar-refractivity contribution in [3.05, 3.63) is 28.0 Å². The molecular weight excluding hydrogens is 254 g/mol. The molecule has 0 fully saturated rings. The fourth-order valence-electron chi connectivity index (χ4n) is 1.54. The number of nitrogen functional groups attached to an aromatic ring is 1. The number of aryl methyl sites for hydroxylation is 2. The normalized spacial score (nSPS) is 10.9. The number of halogens is 1. The number of nitrogens with zero attached hydrogens (tertiary/aromatic N) is 2. The fourth-order valence-corrected chi connectivity index (χ4v) is 1.86. The summed E-state index contributed by atoms with van der Waals surface area (Å²) in [6.07, 6.45) is 0.798. The van der Waals surface area contributed by atoms with Gasteiger partial charge in [0.25, 0.3) is 0 Å². The first kappa shape index (κ1) is 10.4. The maximum Gasteiger partial charge on any atom is 0.135 e. The second kappa shape index (κ2) is 3.77. The molecule has 0 radical (unpaired) electrons. The van der Waals surface area contributed by atoms with Crippen molar-refractivity contribution in [3.8, 4) is 0 Å².